The zero-order valence-electron chi connectivity index (χ0n) is 18.9. The molecule has 4 aliphatic rings. The predicted molar refractivity (Wildman–Crippen MR) is 115 cm³/mol. The lowest BCUT2D eigenvalue weighted by atomic mass is 9.49. The van der Waals surface area contributed by atoms with E-state index < -0.39 is 6.16 Å². The van der Waals surface area contributed by atoms with Gasteiger partial charge in [-0.1, -0.05) is 13.8 Å². The van der Waals surface area contributed by atoms with Crippen LogP contribution in [0.5, 0.6) is 0 Å². The minimum absolute atomic E-state index is 0.0967. The van der Waals surface area contributed by atoms with Gasteiger partial charge in [0.1, 0.15) is 6.61 Å². The molecular formula is C24H40NO5. The number of ether oxygens (including phenoxy) is 3. The van der Waals surface area contributed by atoms with E-state index in [0.717, 1.165) is 43.8 Å². The fourth-order valence-corrected chi connectivity index (χ4v) is 6.33. The summed E-state index contributed by atoms with van der Waals surface area (Å²) in [6.45, 7) is 11.7. The highest BCUT2D eigenvalue weighted by molar-refractivity contribution is 5.70. The summed E-state index contributed by atoms with van der Waals surface area (Å²) >= 11 is 0. The van der Waals surface area contributed by atoms with Gasteiger partial charge in [-0.3, -0.25) is 4.79 Å². The molecule has 0 aromatic rings. The van der Waals surface area contributed by atoms with Crippen LogP contribution < -0.4 is 0 Å². The first kappa shape index (κ1) is 23.4. The van der Waals surface area contributed by atoms with Crippen molar-refractivity contribution in [1.29, 1.82) is 0 Å². The normalized spacial score (nSPS) is 30.3. The van der Waals surface area contributed by atoms with Crippen molar-refractivity contribution in [2.45, 2.75) is 65.2 Å². The lowest BCUT2D eigenvalue weighted by molar-refractivity contribution is -0.153. The third-order valence-corrected chi connectivity index (χ3v) is 7.33. The first-order valence-electron chi connectivity index (χ1n) is 11.9. The summed E-state index contributed by atoms with van der Waals surface area (Å²) in [6, 6.07) is 0. The molecule has 0 heterocycles. The second-order valence-electron chi connectivity index (χ2n) is 9.93. The van der Waals surface area contributed by atoms with Crippen molar-refractivity contribution < 1.29 is 23.8 Å². The van der Waals surface area contributed by atoms with E-state index in [2.05, 4.69) is 25.7 Å². The quantitative estimate of drug-likeness (QED) is 0.341. The Kier molecular flexibility index (Phi) is 8.44. The molecule has 0 saturated heterocycles. The molecule has 4 aliphatic carbocycles. The Balaban J connectivity index is 1.26. The Hall–Kier alpha value is -1.30. The van der Waals surface area contributed by atoms with Crippen LogP contribution in [0.2, 0.25) is 0 Å². The number of hydrogen-bond acceptors (Lipinski definition) is 6. The molecule has 0 amide bonds. The number of nitrogens with zero attached hydrogens (tertiary/aromatic N) is 1. The maximum Gasteiger partial charge on any atom is 0.508 e. The van der Waals surface area contributed by atoms with Gasteiger partial charge in [0.15, 0.2) is 0 Å². The standard InChI is InChI=1S/C24H40NO5/c1-4-25(5-2)7-6-8-28-23(27)30-17-18(3)16-29-22(26)15-24-12-19-9-20(13-24)11-21(10-19)14-24/h18-21H,3-17H2,1-2H3. The van der Waals surface area contributed by atoms with Crippen molar-refractivity contribution in [2.75, 3.05) is 39.5 Å². The zero-order valence-corrected chi connectivity index (χ0v) is 18.9. The number of rotatable bonds is 12. The van der Waals surface area contributed by atoms with Crippen LogP contribution in [0.3, 0.4) is 0 Å². The summed E-state index contributed by atoms with van der Waals surface area (Å²) in [7, 11) is 0. The van der Waals surface area contributed by atoms with E-state index in [1.807, 2.05) is 0 Å². The molecule has 0 aromatic carbocycles. The molecule has 0 aliphatic heterocycles. The first-order chi connectivity index (χ1) is 14.4. The van der Waals surface area contributed by atoms with Gasteiger partial charge < -0.3 is 19.1 Å². The lowest BCUT2D eigenvalue weighted by Gasteiger charge is -2.56. The van der Waals surface area contributed by atoms with Crippen LogP contribution in [-0.4, -0.2) is 56.5 Å². The highest BCUT2D eigenvalue weighted by atomic mass is 16.7. The van der Waals surface area contributed by atoms with Gasteiger partial charge in [-0.05, 0) is 88.1 Å². The molecule has 6 heteroatoms. The van der Waals surface area contributed by atoms with Gasteiger partial charge >= 0.3 is 12.1 Å². The second-order valence-corrected chi connectivity index (χ2v) is 9.93. The Morgan fingerprint density at radius 1 is 0.967 bits per heavy atom. The molecule has 0 aromatic heterocycles. The maximum absolute atomic E-state index is 12.5. The summed E-state index contributed by atoms with van der Waals surface area (Å²) in [6.07, 6.45) is 8.36. The molecule has 1 unspecified atom stereocenters. The van der Waals surface area contributed by atoms with E-state index in [-0.39, 0.29) is 30.5 Å². The van der Waals surface area contributed by atoms with Gasteiger partial charge in [0.2, 0.25) is 0 Å². The van der Waals surface area contributed by atoms with E-state index in [1.165, 1.54) is 38.5 Å². The summed E-state index contributed by atoms with van der Waals surface area (Å²) < 4.78 is 15.7. The van der Waals surface area contributed by atoms with Crippen LogP contribution in [0.4, 0.5) is 4.79 Å². The number of hydrogen-bond donors (Lipinski definition) is 0. The molecule has 4 saturated carbocycles. The highest BCUT2D eigenvalue weighted by Crippen LogP contribution is 2.61. The SMILES string of the molecule is [CH2]C(COC(=O)CC12CC3CC(CC(C3)C1)C2)COC(=O)OCCCN(CC)CC. The van der Waals surface area contributed by atoms with Crippen molar-refractivity contribution in [3.05, 3.63) is 6.92 Å². The lowest BCUT2D eigenvalue weighted by Crippen LogP contribution is -2.47. The van der Waals surface area contributed by atoms with E-state index in [0.29, 0.717) is 13.0 Å². The van der Waals surface area contributed by atoms with Gasteiger partial charge in [-0.2, -0.15) is 0 Å². The molecule has 30 heavy (non-hydrogen) atoms. The average molecular weight is 423 g/mol. The Morgan fingerprint density at radius 3 is 2.10 bits per heavy atom. The smallest absolute Gasteiger partial charge is 0.465 e. The van der Waals surface area contributed by atoms with Crippen molar-refractivity contribution in [1.82, 2.24) is 4.90 Å². The Bertz CT molecular complexity index is 539. The van der Waals surface area contributed by atoms with Gasteiger partial charge in [-0.25, -0.2) is 4.79 Å². The van der Waals surface area contributed by atoms with Crippen molar-refractivity contribution in [2.24, 2.45) is 29.1 Å². The van der Waals surface area contributed by atoms with E-state index >= 15 is 0 Å². The van der Waals surface area contributed by atoms with Crippen molar-refractivity contribution >= 4 is 12.1 Å². The molecule has 4 fully saturated rings. The third-order valence-electron chi connectivity index (χ3n) is 7.33. The summed E-state index contributed by atoms with van der Waals surface area (Å²) in [4.78, 5) is 26.4. The third kappa shape index (κ3) is 6.60. The zero-order chi connectivity index (χ0) is 21.6. The van der Waals surface area contributed by atoms with E-state index in [9.17, 15) is 9.59 Å². The van der Waals surface area contributed by atoms with Gasteiger partial charge in [0, 0.05) is 12.5 Å². The maximum atomic E-state index is 12.5. The van der Waals surface area contributed by atoms with Crippen molar-refractivity contribution in [3.63, 3.8) is 0 Å². The fraction of sp³-hybridized carbons (Fsp3) is 0.875. The topological polar surface area (TPSA) is 65.1 Å². The van der Waals surface area contributed by atoms with Crippen LogP contribution >= 0.6 is 0 Å². The summed E-state index contributed by atoms with van der Waals surface area (Å²) in [5.74, 6) is 2.08. The summed E-state index contributed by atoms with van der Waals surface area (Å²) in [5, 5.41) is 0. The average Bonchev–Trinajstić information content (AvgIpc) is 2.69. The molecule has 6 nitrogen and oxygen atoms in total. The second kappa shape index (κ2) is 10.8. The van der Waals surface area contributed by atoms with Crippen LogP contribution in [0.1, 0.15) is 65.2 Å². The molecule has 1 radical (unpaired) electrons. The van der Waals surface area contributed by atoms with E-state index in [1.54, 1.807) is 0 Å². The predicted octanol–water partition coefficient (Wildman–Crippen LogP) is 4.47. The minimum Gasteiger partial charge on any atom is -0.465 e. The largest absolute Gasteiger partial charge is 0.508 e. The number of carbonyl (C=O) groups excluding carboxylic acids is 2. The molecular weight excluding hydrogens is 382 g/mol. The van der Waals surface area contributed by atoms with Gasteiger partial charge in [-0.15, -0.1) is 0 Å². The Labute approximate surface area is 182 Å². The molecule has 4 bridgehead atoms. The minimum atomic E-state index is -0.678. The van der Waals surface area contributed by atoms with Gasteiger partial charge in [0.05, 0.1) is 19.6 Å². The van der Waals surface area contributed by atoms with E-state index in [4.69, 9.17) is 14.2 Å². The summed E-state index contributed by atoms with van der Waals surface area (Å²) in [5.41, 5.74) is 0.188. The van der Waals surface area contributed by atoms with Crippen molar-refractivity contribution in [3.8, 4) is 0 Å². The molecule has 1 atom stereocenters. The van der Waals surface area contributed by atoms with Crippen LogP contribution in [0.15, 0.2) is 0 Å². The molecule has 0 N–H and O–H groups in total. The monoisotopic (exact) mass is 422 g/mol. The molecule has 4 rings (SSSR count). The van der Waals surface area contributed by atoms with Crippen LogP contribution in [-0.2, 0) is 19.0 Å². The van der Waals surface area contributed by atoms with Gasteiger partial charge in [0.25, 0.3) is 0 Å². The number of carbonyl (C=O) groups is 2. The van der Waals surface area contributed by atoms with Crippen LogP contribution in [0.25, 0.3) is 0 Å². The molecule has 171 valence electrons. The Morgan fingerprint density at radius 2 is 1.53 bits per heavy atom. The van der Waals surface area contributed by atoms with Crippen LogP contribution in [0, 0.1) is 36.0 Å². The number of esters is 1. The fourth-order valence-electron chi connectivity index (χ4n) is 6.33. The first-order valence-corrected chi connectivity index (χ1v) is 11.9. The highest BCUT2D eigenvalue weighted by Gasteiger charge is 2.51. The molecule has 0 spiro atoms.